The molecule has 0 aliphatic heterocycles. The van der Waals surface area contributed by atoms with E-state index in [2.05, 4.69) is 20.4 Å². The summed E-state index contributed by atoms with van der Waals surface area (Å²) in [7, 11) is 0. The number of carbonyl (C=O) groups excluding carboxylic acids is 1. The van der Waals surface area contributed by atoms with Gasteiger partial charge in [0.05, 0.1) is 10.6 Å². The number of halogens is 4. The number of anilines is 1. The van der Waals surface area contributed by atoms with E-state index in [4.69, 9.17) is 11.6 Å². The van der Waals surface area contributed by atoms with Crippen molar-refractivity contribution in [3.8, 4) is 10.6 Å². The van der Waals surface area contributed by atoms with Gasteiger partial charge in [-0.2, -0.15) is 22.7 Å². The van der Waals surface area contributed by atoms with Crippen molar-refractivity contribution in [3.05, 3.63) is 63.9 Å². The summed E-state index contributed by atoms with van der Waals surface area (Å²) in [6, 6.07) is 9.12. The zero-order chi connectivity index (χ0) is 20.8. The van der Waals surface area contributed by atoms with Crippen molar-refractivity contribution in [2.45, 2.75) is 13.1 Å². The highest BCUT2D eigenvalue weighted by Crippen LogP contribution is 2.33. The number of rotatable bonds is 3. The Balaban J connectivity index is 1.78. The number of fused-ring (bicyclic) bond motifs is 1. The average Bonchev–Trinajstić information content (AvgIpc) is 3.32. The summed E-state index contributed by atoms with van der Waals surface area (Å²) in [5, 5.41) is 8.42. The van der Waals surface area contributed by atoms with E-state index in [1.807, 2.05) is 0 Å². The van der Waals surface area contributed by atoms with Crippen LogP contribution >= 0.6 is 22.9 Å². The van der Waals surface area contributed by atoms with E-state index in [9.17, 15) is 18.0 Å². The molecule has 29 heavy (non-hydrogen) atoms. The minimum Gasteiger partial charge on any atom is -0.319 e. The fraction of sp³-hybridized carbons (Fsp3) is 0.111. The maximum atomic E-state index is 13.6. The van der Waals surface area contributed by atoms with Crippen LogP contribution in [0.2, 0.25) is 5.02 Å². The Bertz CT molecular complexity index is 1220. The monoisotopic (exact) mass is 437 g/mol. The topological polar surface area (TPSA) is 72.2 Å². The highest BCUT2D eigenvalue weighted by molar-refractivity contribution is 7.13. The number of aryl methyl sites for hydroxylation is 1. The van der Waals surface area contributed by atoms with E-state index in [1.165, 1.54) is 17.4 Å². The number of hydrogen-bond acceptors (Lipinski definition) is 5. The molecule has 1 N–H and O–H groups in total. The van der Waals surface area contributed by atoms with Gasteiger partial charge in [-0.3, -0.25) is 4.79 Å². The van der Waals surface area contributed by atoms with Gasteiger partial charge in [0.1, 0.15) is 0 Å². The molecule has 1 amide bonds. The Kier molecular flexibility index (Phi) is 4.75. The molecule has 0 spiro atoms. The molecule has 0 fully saturated rings. The van der Waals surface area contributed by atoms with Gasteiger partial charge in [0.2, 0.25) is 5.82 Å². The molecule has 0 aliphatic carbocycles. The van der Waals surface area contributed by atoms with Crippen LogP contribution in [0.15, 0.2) is 41.8 Å². The van der Waals surface area contributed by atoms with Gasteiger partial charge < -0.3 is 5.32 Å². The summed E-state index contributed by atoms with van der Waals surface area (Å²) in [5.41, 5.74) is 0.159. The lowest BCUT2D eigenvalue weighted by molar-refractivity contribution is -0.142. The highest BCUT2D eigenvalue weighted by Gasteiger charge is 2.36. The molecule has 6 nitrogen and oxygen atoms in total. The van der Waals surface area contributed by atoms with Crippen LogP contribution in [0.4, 0.5) is 18.9 Å². The molecule has 148 valence electrons. The first kappa shape index (κ1) is 19.3. The van der Waals surface area contributed by atoms with E-state index in [-0.39, 0.29) is 11.5 Å². The predicted molar refractivity (Wildman–Crippen MR) is 103 cm³/mol. The fourth-order valence-electron chi connectivity index (χ4n) is 2.62. The Morgan fingerprint density at radius 2 is 2.00 bits per heavy atom. The molecule has 0 saturated carbocycles. The van der Waals surface area contributed by atoms with Crippen molar-refractivity contribution >= 4 is 40.3 Å². The molecule has 0 aliphatic rings. The second-order valence-corrected chi connectivity index (χ2v) is 7.45. The van der Waals surface area contributed by atoms with Crippen molar-refractivity contribution in [1.29, 1.82) is 0 Å². The summed E-state index contributed by atoms with van der Waals surface area (Å²) < 4.78 is 41.2. The summed E-state index contributed by atoms with van der Waals surface area (Å²) in [6.45, 7) is 1.75. The number of nitrogens with zero attached hydrogens (tertiary/aromatic N) is 4. The third-order valence-corrected chi connectivity index (χ3v) is 5.15. The predicted octanol–water partition coefficient (Wildman–Crippen LogP) is 5.09. The molecular formula is C18H11ClF3N5OS. The molecule has 1 aromatic carbocycles. The van der Waals surface area contributed by atoms with Gasteiger partial charge in [-0.15, -0.1) is 16.4 Å². The quantitative estimate of drug-likeness (QED) is 0.485. The molecule has 0 bridgehead atoms. The molecule has 3 heterocycles. The fourth-order valence-corrected chi connectivity index (χ4v) is 3.48. The zero-order valence-corrected chi connectivity index (χ0v) is 16.2. The lowest BCUT2D eigenvalue weighted by Gasteiger charge is -2.09. The standard InChI is InChI=1S/C18H11ClF3N5OS/c1-9-4-5-10(19)7-11(9)23-16(28)15-25-17-24-12(13-3-2-6-29-13)8-14(18(20,21)22)27(17)26-15/h2-8H,1H3,(H,23,28). The van der Waals surface area contributed by atoms with Crippen molar-refractivity contribution in [2.75, 3.05) is 5.32 Å². The van der Waals surface area contributed by atoms with Crippen molar-refractivity contribution in [2.24, 2.45) is 0 Å². The van der Waals surface area contributed by atoms with Crippen LogP contribution in [0.3, 0.4) is 0 Å². The minimum absolute atomic E-state index is 0.102. The second kappa shape index (κ2) is 7.12. The SMILES string of the molecule is Cc1ccc(Cl)cc1NC(=O)c1nc2nc(-c3cccs3)cc(C(F)(F)F)n2n1. The highest BCUT2D eigenvalue weighted by atomic mass is 35.5. The molecule has 0 radical (unpaired) electrons. The number of benzene rings is 1. The lowest BCUT2D eigenvalue weighted by Crippen LogP contribution is -2.16. The maximum Gasteiger partial charge on any atom is 0.433 e. The first-order valence-corrected chi connectivity index (χ1v) is 9.44. The van der Waals surface area contributed by atoms with E-state index >= 15 is 0 Å². The van der Waals surface area contributed by atoms with Crippen LogP contribution in [0.5, 0.6) is 0 Å². The van der Waals surface area contributed by atoms with Crippen molar-refractivity contribution in [1.82, 2.24) is 19.6 Å². The van der Waals surface area contributed by atoms with Gasteiger partial charge in [0, 0.05) is 10.7 Å². The largest absolute Gasteiger partial charge is 0.433 e. The first-order chi connectivity index (χ1) is 13.7. The van der Waals surface area contributed by atoms with Crippen molar-refractivity contribution < 1.29 is 18.0 Å². The lowest BCUT2D eigenvalue weighted by atomic mass is 10.2. The number of aromatic nitrogens is 4. The number of amides is 1. The summed E-state index contributed by atoms with van der Waals surface area (Å²) >= 11 is 7.17. The third-order valence-electron chi connectivity index (χ3n) is 4.03. The average molecular weight is 438 g/mol. The van der Waals surface area contributed by atoms with Gasteiger partial charge in [-0.05, 0) is 42.1 Å². The van der Waals surface area contributed by atoms with Gasteiger partial charge in [-0.25, -0.2) is 4.98 Å². The van der Waals surface area contributed by atoms with E-state index in [0.29, 0.717) is 20.1 Å². The first-order valence-electron chi connectivity index (χ1n) is 8.19. The van der Waals surface area contributed by atoms with E-state index < -0.39 is 23.6 Å². The summed E-state index contributed by atoms with van der Waals surface area (Å²) in [4.78, 5) is 21.1. The van der Waals surface area contributed by atoms with Crippen molar-refractivity contribution in [3.63, 3.8) is 0 Å². The third kappa shape index (κ3) is 3.81. The molecule has 4 rings (SSSR count). The van der Waals surface area contributed by atoms with Gasteiger partial charge in [-0.1, -0.05) is 23.7 Å². The number of alkyl halides is 3. The Hall–Kier alpha value is -2.98. The Labute approximate surface area is 171 Å². The van der Waals surface area contributed by atoms with E-state index in [0.717, 1.165) is 11.6 Å². The molecule has 4 aromatic rings. The molecular weight excluding hydrogens is 427 g/mol. The van der Waals surface area contributed by atoms with Crippen LogP contribution in [-0.2, 0) is 6.18 Å². The van der Waals surface area contributed by atoms with Crippen LogP contribution in [-0.4, -0.2) is 25.5 Å². The van der Waals surface area contributed by atoms with Crippen LogP contribution in [0.25, 0.3) is 16.3 Å². The zero-order valence-electron chi connectivity index (χ0n) is 14.7. The van der Waals surface area contributed by atoms with Crippen LogP contribution in [0, 0.1) is 6.92 Å². The number of thiophene rings is 1. The maximum absolute atomic E-state index is 13.6. The summed E-state index contributed by atoms with van der Waals surface area (Å²) in [6.07, 6.45) is -4.71. The molecule has 0 unspecified atom stereocenters. The number of hydrogen-bond donors (Lipinski definition) is 1. The summed E-state index contributed by atoms with van der Waals surface area (Å²) in [5.74, 6) is -1.53. The van der Waals surface area contributed by atoms with Crippen LogP contribution < -0.4 is 5.32 Å². The normalized spacial score (nSPS) is 11.8. The smallest absolute Gasteiger partial charge is 0.319 e. The second-order valence-electron chi connectivity index (χ2n) is 6.06. The minimum atomic E-state index is -4.71. The number of carbonyl (C=O) groups is 1. The van der Waals surface area contributed by atoms with Gasteiger partial charge in [0.25, 0.3) is 11.7 Å². The van der Waals surface area contributed by atoms with E-state index in [1.54, 1.807) is 36.6 Å². The molecule has 11 heteroatoms. The molecule has 0 saturated heterocycles. The van der Waals surface area contributed by atoms with Crippen LogP contribution in [0.1, 0.15) is 21.9 Å². The molecule has 0 atom stereocenters. The van der Waals surface area contributed by atoms with Gasteiger partial charge >= 0.3 is 6.18 Å². The van der Waals surface area contributed by atoms with Gasteiger partial charge in [0.15, 0.2) is 5.69 Å². The number of nitrogens with one attached hydrogen (secondary N) is 1. The Morgan fingerprint density at radius 3 is 2.69 bits per heavy atom. The Morgan fingerprint density at radius 1 is 1.21 bits per heavy atom. The molecule has 3 aromatic heterocycles.